The number of carbonyl (C=O) groups excluding carboxylic acids is 1. The van der Waals surface area contributed by atoms with Crippen molar-refractivity contribution >= 4 is 29.2 Å². The van der Waals surface area contributed by atoms with Crippen LogP contribution in [0.3, 0.4) is 0 Å². The Kier molecular flexibility index (Phi) is 4.86. The summed E-state index contributed by atoms with van der Waals surface area (Å²) >= 11 is 5.16. The molecule has 2 aromatic rings. The maximum Gasteiger partial charge on any atom is 0.221 e. The van der Waals surface area contributed by atoms with E-state index in [2.05, 4.69) is 10.3 Å². The molecule has 1 aromatic carbocycles. The highest BCUT2D eigenvalue weighted by Crippen LogP contribution is 2.17. The maximum atomic E-state index is 13.6. The predicted octanol–water partition coefficient (Wildman–Crippen LogP) is 1.99. The van der Waals surface area contributed by atoms with Gasteiger partial charge < -0.3 is 19.6 Å². The van der Waals surface area contributed by atoms with Crippen molar-refractivity contribution in [1.82, 2.24) is 14.9 Å². The summed E-state index contributed by atoms with van der Waals surface area (Å²) in [5, 5.41) is 2.73. The quantitative estimate of drug-likeness (QED) is 0.633. The molecule has 1 amide bonds. The lowest BCUT2D eigenvalue weighted by Gasteiger charge is -2.06. The van der Waals surface area contributed by atoms with Crippen LogP contribution in [0.15, 0.2) is 18.2 Å². The van der Waals surface area contributed by atoms with Crippen LogP contribution in [-0.2, 0) is 16.1 Å². The second kappa shape index (κ2) is 6.62. The van der Waals surface area contributed by atoms with Crippen LogP contribution in [0, 0.1) is 10.6 Å². The fourth-order valence-corrected chi connectivity index (χ4v) is 2.25. The molecule has 0 spiro atoms. The minimum absolute atomic E-state index is 0.0882. The average molecular weight is 297 g/mol. The van der Waals surface area contributed by atoms with Gasteiger partial charge in [0.25, 0.3) is 0 Å². The number of H-pyrrole nitrogens is 1. The number of carbonyl (C=O) groups is 1. The van der Waals surface area contributed by atoms with Crippen molar-refractivity contribution < 1.29 is 13.9 Å². The van der Waals surface area contributed by atoms with Gasteiger partial charge in [0.15, 0.2) is 4.77 Å². The summed E-state index contributed by atoms with van der Waals surface area (Å²) in [7, 11) is 1.58. The third kappa shape index (κ3) is 3.23. The zero-order chi connectivity index (χ0) is 14.5. The molecule has 2 rings (SSSR count). The van der Waals surface area contributed by atoms with Gasteiger partial charge in [-0.2, -0.15) is 0 Å². The van der Waals surface area contributed by atoms with Crippen molar-refractivity contribution in [2.45, 2.75) is 13.0 Å². The Hall–Kier alpha value is -1.73. The fraction of sp³-hybridized carbons (Fsp3) is 0.385. The predicted molar refractivity (Wildman–Crippen MR) is 76.6 cm³/mol. The van der Waals surface area contributed by atoms with E-state index in [-0.39, 0.29) is 18.1 Å². The number of aromatic amines is 1. The molecule has 0 radical (unpaired) electrons. The number of para-hydroxylation sites is 1. The number of nitrogens with zero attached hydrogens (tertiary/aromatic N) is 1. The van der Waals surface area contributed by atoms with Crippen LogP contribution >= 0.6 is 12.2 Å². The Morgan fingerprint density at radius 2 is 2.35 bits per heavy atom. The Labute approximate surface area is 120 Å². The summed E-state index contributed by atoms with van der Waals surface area (Å²) in [4.78, 5) is 14.5. The molecule has 0 aliphatic rings. The first-order chi connectivity index (χ1) is 9.63. The lowest BCUT2D eigenvalue weighted by atomic mass is 10.3. The number of hydrogen-bond donors (Lipinski definition) is 2. The van der Waals surface area contributed by atoms with Gasteiger partial charge in [-0.05, 0) is 24.4 Å². The van der Waals surface area contributed by atoms with E-state index in [1.165, 1.54) is 6.07 Å². The van der Waals surface area contributed by atoms with Gasteiger partial charge in [0, 0.05) is 26.6 Å². The van der Waals surface area contributed by atoms with E-state index >= 15 is 0 Å². The minimum Gasteiger partial charge on any atom is -0.383 e. The Balaban J connectivity index is 2.07. The van der Waals surface area contributed by atoms with Crippen LogP contribution < -0.4 is 5.32 Å². The molecule has 0 saturated heterocycles. The van der Waals surface area contributed by atoms with Gasteiger partial charge in [-0.3, -0.25) is 4.79 Å². The largest absolute Gasteiger partial charge is 0.383 e. The summed E-state index contributed by atoms with van der Waals surface area (Å²) in [6.07, 6.45) is 0.279. The molecular formula is C13H16FN3O2S. The van der Waals surface area contributed by atoms with Gasteiger partial charge in [-0.15, -0.1) is 0 Å². The number of ether oxygens (including phenoxy) is 1. The number of hydrogen-bond acceptors (Lipinski definition) is 3. The summed E-state index contributed by atoms with van der Waals surface area (Å²) in [5.41, 5.74) is 1.04. The Bertz CT molecular complexity index is 665. The number of rotatable bonds is 6. The topological polar surface area (TPSA) is 59.0 Å². The molecule has 2 N–H and O–H groups in total. The molecule has 108 valence electrons. The molecule has 5 nitrogen and oxygen atoms in total. The molecule has 0 atom stereocenters. The van der Waals surface area contributed by atoms with Crippen LogP contribution in [-0.4, -0.2) is 35.7 Å². The summed E-state index contributed by atoms with van der Waals surface area (Å²) < 4.78 is 20.6. The number of aromatic nitrogens is 2. The number of aryl methyl sites for hydroxylation is 1. The standard InChI is InChI=1S/C13H16FN3O2S/c1-19-8-6-15-11(18)5-7-17-10-4-2-3-9(14)12(10)16-13(17)20/h2-4H,5-8H2,1H3,(H,15,18)(H,16,20). The number of halogens is 1. The normalized spacial score (nSPS) is 10.9. The van der Waals surface area contributed by atoms with Crippen molar-refractivity contribution in [1.29, 1.82) is 0 Å². The zero-order valence-electron chi connectivity index (χ0n) is 11.1. The van der Waals surface area contributed by atoms with Gasteiger partial charge in [-0.1, -0.05) is 6.07 Å². The number of imidazole rings is 1. The third-order valence-electron chi connectivity index (χ3n) is 2.95. The third-order valence-corrected chi connectivity index (χ3v) is 3.27. The molecule has 7 heteroatoms. The first-order valence-corrected chi connectivity index (χ1v) is 6.67. The zero-order valence-corrected chi connectivity index (χ0v) is 11.9. The molecule has 0 aliphatic heterocycles. The first kappa shape index (κ1) is 14.7. The minimum atomic E-state index is -0.350. The van der Waals surface area contributed by atoms with Crippen molar-refractivity contribution in [3.05, 3.63) is 28.8 Å². The number of fused-ring (bicyclic) bond motifs is 1. The Morgan fingerprint density at radius 3 is 3.10 bits per heavy atom. The van der Waals surface area contributed by atoms with E-state index in [1.807, 2.05) is 0 Å². The van der Waals surface area contributed by atoms with Gasteiger partial charge in [-0.25, -0.2) is 4.39 Å². The van der Waals surface area contributed by atoms with Crippen LogP contribution in [0.4, 0.5) is 4.39 Å². The molecule has 0 saturated carbocycles. The molecule has 0 bridgehead atoms. The number of amides is 1. The van der Waals surface area contributed by atoms with Crippen molar-refractivity contribution in [2.75, 3.05) is 20.3 Å². The first-order valence-electron chi connectivity index (χ1n) is 6.26. The van der Waals surface area contributed by atoms with Gasteiger partial charge in [0.2, 0.25) is 5.91 Å². The molecule has 0 fully saturated rings. The Morgan fingerprint density at radius 1 is 1.55 bits per heavy atom. The lowest BCUT2D eigenvalue weighted by Crippen LogP contribution is -2.27. The van der Waals surface area contributed by atoms with E-state index in [0.717, 1.165) is 0 Å². The second-order valence-corrected chi connectivity index (χ2v) is 4.70. The fourth-order valence-electron chi connectivity index (χ4n) is 1.96. The van der Waals surface area contributed by atoms with E-state index in [1.54, 1.807) is 23.8 Å². The summed E-state index contributed by atoms with van der Waals surface area (Å²) in [5.74, 6) is -0.438. The van der Waals surface area contributed by atoms with E-state index in [9.17, 15) is 9.18 Å². The van der Waals surface area contributed by atoms with Crippen LogP contribution in [0.5, 0.6) is 0 Å². The van der Waals surface area contributed by atoms with Crippen molar-refractivity contribution in [2.24, 2.45) is 0 Å². The van der Waals surface area contributed by atoms with Crippen molar-refractivity contribution in [3.8, 4) is 0 Å². The molecule has 0 aliphatic carbocycles. The smallest absolute Gasteiger partial charge is 0.221 e. The number of benzene rings is 1. The van der Waals surface area contributed by atoms with E-state index in [4.69, 9.17) is 17.0 Å². The highest BCUT2D eigenvalue weighted by molar-refractivity contribution is 7.71. The van der Waals surface area contributed by atoms with Gasteiger partial charge in [0.1, 0.15) is 11.3 Å². The summed E-state index contributed by atoms with van der Waals surface area (Å²) in [6, 6.07) is 4.76. The summed E-state index contributed by atoms with van der Waals surface area (Å²) in [6.45, 7) is 1.35. The molecule has 20 heavy (non-hydrogen) atoms. The highest BCUT2D eigenvalue weighted by Gasteiger charge is 2.09. The van der Waals surface area contributed by atoms with Crippen LogP contribution in [0.25, 0.3) is 11.0 Å². The van der Waals surface area contributed by atoms with E-state index in [0.29, 0.717) is 35.5 Å². The van der Waals surface area contributed by atoms with E-state index < -0.39 is 0 Å². The number of nitrogens with one attached hydrogen (secondary N) is 2. The maximum absolute atomic E-state index is 13.6. The van der Waals surface area contributed by atoms with Crippen molar-refractivity contribution in [3.63, 3.8) is 0 Å². The monoisotopic (exact) mass is 297 g/mol. The molecular weight excluding hydrogens is 281 g/mol. The lowest BCUT2D eigenvalue weighted by molar-refractivity contribution is -0.121. The highest BCUT2D eigenvalue weighted by atomic mass is 32.1. The molecule has 0 unspecified atom stereocenters. The molecule has 1 heterocycles. The van der Waals surface area contributed by atoms with Crippen LogP contribution in [0.1, 0.15) is 6.42 Å². The number of methoxy groups -OCH3 is 1. The van der Waals surface area contributed by atoms with Gasteiger partial charge in [0.05, 0.1) is 12.1 Å². The molecule has 1 aromatic heterocycles. The SMILES string of the molecule is COCCNC(=O)CCn1c(=S)[nH]c2c(F)cccc21. The average Bonchev–Trinajstić information content (AvgIpc) is 2.74. The van der Waals surface area contributed by atoms with Gasteiger partial charge >= 0.3 is 0 Å². The second-order valence-electron chi connectivity index (χ2n) is 4.31. The van der Waals surface area contributed by atoms with Crippen LogP contribution in [0.2, 0.25) is 0 Å².